The molecule has 1 amide bonds. The standard InChI is InChI=1S/C15H23N3O2/c1-10-9-18(2)8-7-12(10)17-15(19)14-11(16)5-4-6-13(14)20-3/h4-6,10,12H,7-9,16H2,1-3H3,(H,17,19). The minimum Gasteiger partial charge on any atom is -0.496 e. The number of benzene rings is 1. The topological polar surface area (TPSA) is 67.6 Å². The third kappa shape index (κ3) is 3.04. The van der Waals surface area contributed by atoms with Crippen LogP contribution in [0, 0.1) is 5.92 Å². The van der Waals surface area contributed by atoms with Crippen molar-refractivity contribution in [3.8, 4) is 5.75 Å². The maximum Gasteiger partial charge on any atom is 0.257 e. The number of ether oxygens (including phenoxy) is 1. The number of hydrogen-bond donors (Lipinski definition) is 2. The molecule has 1 aromatic carbocycles. The molecular weight excluding hydrogens is 254 g/mol. The van der Waals surface area contributed by atoms with Crippen molar-refractivity contribution in [3.05, 3.63) is 23.8 Å². The van der Waals surface area contributed by atoms with E-state index in [0.29, 0.717) is 22.9 Å². The molecule has 5 heteroatoms. The fourth-order valence-corrected chi connectivity index (χ4v) is 2.77. The van der Waals surface area contributed by atoms with Gasteiger partial charge in [-0.15, -0.1) is 0 Å². The van der Waals surface area contributed by atoms with Gasteiger partial charge in [0.2, 0.25) is 0 Å². The van der Waals surface area contributed by atoms with Crippen molar-refractivity contribution < 1.29 is 9.53 Å². The maximum atomic E-state index is 12.5. The molecule has 0 aliphatic carbocycles. The third-order valence-corrected chi connectivity index (χ3v) is 3.93. The Labute approximate surface area is 120 Å². The Hall–Kier alpha value is -1.75. The first-order valence-electron chi connectivity index (χ1n) is 6.94. The van der Waals surface area contributed by atoms with Crippen molar-refractivity contribution in [3.63, 3.8) is 0 Å². The monoisotopic (exact) mass is 277 g/mol. The fourth-order valence-electron chi connectivity index (χ4n) is 2.77. The second-order valence-corrected chi connectivity index (χ2v) is 5.53. The summed E-state index contributed by atoms with van der Waals surface area (Å²) >= 11 is 0. The summed E-state index contributed by atoms with van der Waals surface area (Å²) in [4.78, 5) is 14.7. The third-order valence-electron chi connectivity index (χ3n) is 3.93. The molecule has 1 heterocycles. The summed E-state index contributed by atoms with van der Waals surface area (Å²) in [5, 5.41) is 3.10. The molecule has 0 radical (unpaired) electrons. The Bertz CT molecular complexity index is 490. The van der Waals surface area contributed by atoms with Gasteiger partial charge in [-0.25, -0.2) is 0 Å². The minimum absolute atomic E-state index is 0.152. The molecule has 0 aromatic heterocycles. The number of carbonyl (C=O) groups is 1. The number of anilines is 1. The van der Waals surface area contributed by atoms with Gasteiger partial charge in [-0.3, -0.25) is 4.79 Å². The van der Waals surface area contributed by atoms with Crippen LogP contribution in [0.2, 0.25) is 0 Å². The number of likely N-dealkylation sites (tertiary alicyclic amines) is 1. The molecule has 0 spiro atoms. The normalized spacial score (nSPS) is 23.4. The van der Waals surface area contributed by atoms with Crippen molar-refractivity contribution in [2.45, 2.75) is 19.4 Å². The molecule has 5 nitrogen and oxygen atoms in total. The molecule has 20 heavy (non-hydrogen) atoms. The molecule has 1 fully saturated rings. The Balaban J connectivity index is 2.13. The molecule has 1 aromatic rings. The molecule has 1 saturated heterocycles. The van der Waals surface area contributed by atoms with Gasteiger partial charge in [0.25, 0.3) is 5.91 Å². The van der Waals surface area contributed by atoms with E-state index < -0.39 is 0 Å². The molecule has 1 aliphatic rings. The van der Waals surface area contributed by atoms with Crippen molar-refractivity contribution in [2.24, 2.45) is 5.92 Å². The molecule has 3 N–H and O–H groups in total. The van der Waals surface area contributed by atoms with Gasteiger partial charge in [0, 0.05) is 18.3 Å². The number of nitrogen functional groups attached to an aromatic ring is 1. The molecule has 2 unspecified atom stereocenters. The van der Waals surface area contributed by atoms with Crippen LogP contribution in [-0.2, 0) is 0 Å². The molecule has 2 atom stereocenters. The number of nitrogens with two attached hydrogens (primary N) is 1. The largest absolute Gasteiger partial charge is 0.496 e. The van der Waals surface area contributed by atoms with Crippen molar-refractivity contribution >= 4 is 11.6 Å². The lowest BCUT2D eigenvalue weighted by Crippen LogP contribution is -2.49. The van der Waals surface area contributed by atoms with E-state index in [1.165, 1.54) is 0 Å². The summed E-state index contributed by atoms with van der Waals surface area (Å²) in [6, 6.07) is 5.44. The number of amides is 1. The van der Waals surface area contributed by atoms with E-state index in [4.69, 9.17) is 10.5 Å². The minimum atomic E-state index is -0.152. The van der Waals surface area contributed by atoms with E-state index >= 15 is 0 Å². The van der Waals surface area contributed by atoms with Gasteiger partial charge < -0.3 is 20.7 Å². The van der Waals surface area contributed by atoms with Crippen LogP contribution in [0.4, 0.5) is 5.69 Å². The van der Waals surface area contributed by atoms with Crippen LogP contribution < -0.4 is 15.8 Å². The Morgan fingerprint density at radius 3 is 2.90 bits per heavy atom. The maximum absolute atomic E-state index is 12.5. The summed E-state index contributed by atoms with van der Waals surface area (Å²) in [5.41, 5.74) is 6.79. The van der Waals surface area contributed by atoms with E-state index in [9.17, 15) is 4.79 Å². The Kier molecular flexibility index (Phi) is 4.49. The summed E-state index contributed by atoms with van der Waals surface area (Å²) in [6.07, 6.45) is 0.957. The second-order valence-electron chi connectivity index (χ2n) is 5.53. The van der Waals surface area contributed by atoms with Crippen LogP contribution in [0.5, 0.6) is 5.75 Å². The fraction of sp³-hybridized carbons (Fsp3) is 0.533. The highest BCUT2D eigenvalue weighted by Crippen LogP contribution is 2.25. The van der Waals surface area contributed by atoms with E-state index in [1.54, 1.807) is 25.3 Å². The van der Waals surface area contributed by atoms with Gasteiger partial charge >= 0.3 is 0 Å². The van der Waals surface area contributed by atoms with Crippen LogP contribution in [0.3, 0.4) is 0 Å². The number of nitrogens with one attached hydrogen (secondary N) is 1. The number of piperidine rings is 1. The molecule has 0 saturated carbocycles. The summed E-state index contributed by atoms with van der Waals surface area (Å²) < 4.78 is 5.23. The highest BCUT2D eigenvalue weighted by Gasteiger charge is 2.27. The lowest BCUT2D eigenvalue weighted by atomic mass is 9.94. The van der Waals surface area contributed by atoms with E-state index in [-0.39, 0.29) is 11.9 Å². The van der Waals surface area contributed by atoms with Crippen molar-refractivity contribution in [2.75, 3.05) is 33.0 Å². The summed E-state index contributed by atoms with van der Waals surface area (Å²) in [6.45, 7) is 4.15. The zero-order chi connectivity index (χ0) is 14.7. The zero-order valence-electron chi connectivity index (χ0n) is 12.3. The van der Waals surface area contributed by atoms with Gasteiger partial charge in [0.1, 0.15) is 11.3 Å². The second kappa shape index (κ2) is 6.13. The first-order chi connectivity index (χ1) is 9.52. The SMILES string of the molecule is COc1cccc(N)c1C(=O)NC1CCN(C)CC1C. The van der Waals surface area contributed by atoms with Gasteiger partial charge in [0.15, 0.2) is 0 Å². The number of rotatable bonds is 3. The first kappa shape index (κ1) is 14.7. The lowest BCUT2D eigenvalue weighted by Gasteiger charge is -2.35. The van der Waals surface area contributed by atoms with Crippen molar-refractivity contribution in [1.82, 2.24) is 10.2 Å². The van der Waals surface area contributed by atoms with E-state index in [1.807, 2.05) is 0 Å². The number of carbonyl (C=O) groups excluding carboxylic acids is 1. The van der Waals surface area contributed by atoms with Gasteiger partial charge in [-0.05, 0) is 38.1 Å². The van der Waals surface area contributed by atoms with Crippen LogP contribution in [0.15, 0.2) is 18.2 Å². The predicted octanol–water partition coefficient (Wildman–Crippen LogP) is 1.35. The van der Waals surface area contributed by atoms with Crippen LogP contribution in [0.25, 0.3) is 0 Å². The average Bonchev–Trinajstić information content (AvgIpc) is 2.41. The van der Waals surface area contributed by atoms with Gasteiger partial charge in [-0.1, -0.05) is 13.0 Å². The summed E-state index contributed by atoms with van der Waals surface area (Å²) in [5.74, 6) is 0.790. The highest BCUT2D eigenvalue weighted by atomic mass is 16.5. The van der Waals surface area contributed by atoms with E-state index in [0.717, 1.165) is 19.5 Å². The van der Waals surface area contributed by atoms with Crippen LogP contribution >= 0.6 is 0 Å². The van der Waals surface area contributed by atoms with Crippen LogP contribution in [0.1, 0.15) is 23.7 Å². The van der Waals surface area contributed by atoms with Gasteiger partial charge in [-0.2, -0.15) is 0 Å². The average molecular weight is 277 g/mol. The predicted molar refractivity (Wildman–Crippen MR) is 79.9 cm³/mol. The zero-order valence-corrected chi connectivity index (χ0v) is 12.3. The number of hydrogen-bond acceptors (Lipinski definition) is 4. The Morgan fingerprint density at radius 2 is 2.25 bits per heavy atom. The first-order valence-corrected chi connectivity index (χ1v) is 6.94. The molecular formula is C15H23N3O2. The molecule has 2 rings (SSSR count). The smallest absolute Gasteiger partial charge is 0.257 e. The summed E-state index contributed by atoms with van der Waals surface area (Å²) in [7, 11) is 3.65. The highest BCUT2D eigenvalue weighted by molar-refractivity contribution is 6.02. The lowest BCUT2D eigenvalue weighted by molar-refractivity contribution is 0.0882. The number of nitrogens with zero attached hydrogens (tertiary/aromatic N) is 1. The molecule has 110 valence electrons. The van der Waals surface area contributed by atoms with Gasteiger partial charge in [0.05, 0.1) is 7.11 Å². The Morgan fingerprint density at radius 1 is 1.50 bits per heavy atom. The number of methoxy groups -OCH3 is 1. The quantitative estimate of drug-likeness (QED) is 0.818. The van der Waals surface area contributed by atoms with E-state index in [2.05, 4.69) is 24.2 Å². The molecule has 0 bridgehead atoms. The van der Waals surface area contributed by atoms with Crippen molar-refractivity contribution in [1.29, 1.82) is 0 Å². The van der Waals surface area contributed by atoms with Crippen LogP contribution in [-0.4, -0.2) is 44.1 Å². The molecule has 1 aliphatic heterocycles.